The van der Waals surface area contributed by atoms with E-state index in [0.717, 1.165) is 12.0 Å². The molecule has 0 radical (unpaired) electrons. The van der Waals surface area contributed by atoms with Crippen LogP contribution in [0.3, 0.4) is 0 Å². The highest BCUT2D eigenvalue weighted by Crippen LogP contribution is 2.23. The van der Waals surface area contributed by atoms with Crippen molar-refractivity contribution in [1.29, 1.82) is 0 Å². The third kappa shape index (κ3) is 5.14. The summed E-state index contributed by atoms with van der Waals surface area (Å²) in [5, 5.41) is 3.16. The molecule has 0 bridgehead atoms. The van der Waals surface area contributed by atoms with E-state index in [9.17, 15) is 4.39 Å². The number of methoxy groups -OCH3 is 2. The molecule has 0 aromatic heterocycles. The van der Waals surface area contributed by atoms with Gasteiger partial charge in [-0.1, -0.05) is 6.07 Å². The fourth-order valence-electron chi connectivity index (χ4n) is 1.82. The van der Waals surface area contributed by atoms with Crippen LogP contribution in [0.25, 0.3) is 0 Å². The highest BCUT2D eigenvalue weighted by molar-refractivity contribution is 5.31. The van der Waals surface area contributed by atoms with E-state index in [1.54, 1.807) is 13.2 Å². The van der Waals surface area contributed by atoms with Crippen molar-refractivity contribution < 1.29 is 18.6 Å². The predicted molar refractivity (Wildman–Crippen MR) is 72.1 cm³/mol. The molecular formula is C14H22FNO3. The Hall–Kier alpha value is -1.17. The van der Waals surface area contributed by atoms with Crippen molar-refractivity contribution in [2.75, 3.05) is 41.1 Å². The average molecular weight is 271 g/mol. The summed E-state index contributed by atoms with van der Waals surface area (Å²) in [4.78, 5) is 0. The number of ether oxygens (including phenoxy) is 3. The Labute approximate surface area is 113 Å². The minimum Gasteiger partial charge on any atom is -0.494 e. The van der Waals surface area contributed by atoms with E-state index in [1.807, 2.05) is 13.1 Å². The Morgan fingerprint density at radius 1 is 1.21 bits per heavy atom. The standard InChI is InChI=1S/C14H22FNO3/c1-16-13(6-7-19-9-8-17-2)11-4-5-14(18-3)12(15)10-11/h4-5,10,13,16H,6-9H2,1-3H3. The smallest absolute Gasteiger partial charge is 0.165 e. The van der Waals surface area contributed by atoms with Crippen molar-refractivity contribution in [3.05, 3.63) is 29.6 Å². The quantitative estimate of drug-likeness (QED) is 0.699. The summed E-state index contributed by atoms with van der Waals surface area (Å²) in [6, 6.07) is 5.05. The lowest BCUT2D eigenvalue weighted by Crippen LogP contribution is -2.19. The number of benzene rings is 1. The molecule has 1 aromatic rings. The zero-order valence-electron chi connectivity index (χ0n) is 11.7. The summed E-state index contributed by atoms with van der Waals surface area (Å²) in [7, 11) is 4.94. The summed E-state index contributed by atoms with van der Waals surface area (Å²) >= 11 is 0. The van der Waals surface area contributed by atoms with E-state index in [2.05, 4.69) is 5.32 Å². The third-order valence-electron chi connectivity index (χ3n) is 2.91. The first-order valence-electron chi connectivity index (χ1n) is 6.30. The largest absolute Gasteiger partial charge is 0.494 e. The van der Waals surface area contributed by atoms with E-state index < -0.39 is 0 Å². The minimum atomic E-state index is -0.347. The van der Waals surface area contributed by atoms with Crippen molar-refractivity contribution in [3.8, 4) is 5.75 Å². The molecule has 0 heterocycles. The second-order valence-electron chi connectivity index (χ2n) is 4.13. The van der Waals surface area contributed by atoms with Gasteiger partial charge in [-0.05, 0) is 31.2 Å². The van der Waals surface area contributed by atoms with Gasteiger partial charge in [-0.15, -0.1) is 0 Å². The molecule has 5 heteroatoms. The maximum atomic E-state index is 13.6. The van der Waals surface area contributed by atoms with Gasteiger partial charge in [-0.3, -0.25) is 0 Å². The topological polar surface area (TPSA) is 39.7 Å². The van der Waals surface area contributed by atoms with Crippen LogP contribution in [0, 0.1) is 5.82 Å². The number of hydrogen-bond donors (Lipinski definition) is 1. The molecule has 1 N–H and O–H groups in total. The maximum absolute atomic E-state index is 13.6. The summed E-state index contributed by atoms with van der Waals surface area (Å²) in [6.07, 6.45) is 0.770. The number of hydrogen-bond acceptors (Lipinski definition) is 4. The molecule has 1 atom stereocenters. The highest BCUT2D eigenvalue weighted by Gasteiger charge is 2.12. The Balaban J connectivity index is 2.52. The molecule has 1 aromatic carbocycles. The van der Waals surface area contributed by atoms with Crippen molar-refractivity contribution in [1.82, 2.24) is 5.32 Å². The Kier molecular flexibility index (Phi) is 7.40. The summed E-state index contributed by atoms with van der Waals surface area (Å²) in [6.45, 7) is 1.76. The van der Waals surface area contributed by atoms with E-state index in [1.165, 1.54) is 13.2 Å². The highest BCUT2D eigenvalue weighted by atomic mass is 19.1. The van der Waals surface area contributed by atoms with E-state index in [4.69, 9.17) is 14.2 Å². The van der Waals surface area contributed by atoms with Crippen molar-refractivity contribution >= 4 is 0 Å². The first-order chi connectivity index (χ1) is 9.22. The molecule has 0 fully saturated rings. The normalized spacial score (nSPS) is 12.4. The van der Waals surface area contributed by atoms with Gasteiger partial charge >= 0.3 is 0 Å². The fourth-order valence-corrected chi connectivity index (χ4v) is 1.82. The average Bonchev–Trinajstić information content (AvgIpc) is 2.43. The van der Waals surface area contributed by atoms with E-state index in [0.29, 0.717) is 19.8 Å². The van der Waals surface area contributed by atoms with Crippen LogP contribution < -0.4 is 10.1 Å². The van der Waals surface area contributed by atoms with Crippen LogP contribution in [-0.4, -0.2) is 41.1 Å². The number of halogens is 1. The van der Waals surface area contributed by atoms with Crippen LogP contribution in [0.15, 0.2) is 18.2 Å². The first-order valence-corrected chi connectivity index (χ1v) is 6.30. The van der Waals surface area contributed by atoms with Gasteiger partial charge in [0, 0.05) is 19.8 Å². The molecule has 19 heavy (non-hydrogen) atoms. The molecular weight excluding hydrogens is 249 g/mol. The lowest BCUT2D eigenvalue weighted by Gasteiger charge is -2.17. The summed E-state index contributed by atoms with van der Waals surface area (Å²) < 4.78 is 28.9. The van der Waals surface area contributed by atoms with Crippen molar-refractivity contribution in [2.24, 2.45) is 0 Å². The van der Waals surface area contributed by atoms with Crippen LogP contribution in [0.5, 0.6) is 5.75 Å². The first kappa shape index (κ1) is 15.9. The zero-order valence-corrected chi connectivity index (χ0v) is 11.7. The van der Waals surface area contributed by atoms with Crippen LogP contribution in [0.1, 0.15) is 18.0 Å². The summed E-state index contributed by atoms with van der Waals surface area (Å²) in [5.74, 6) is -0.0875. The van der Waals surface area contributed by atoms with Crippen LogP contribution >= 0.6 is 0 Å². The molecule has 0 aliphatic carbocycles. The molecule has 0 aliphatic heterocycles. The maximum Gasteiger partial charge on any atom is 0.165 e. The lowest BCUT2D eigenvalue weighted by molar-refractivity contribution is 0.0660. The van der Waals surface area contributed by atoms with Gasteiger partial charge in [0.25, 0.3) is 0 Å². The van der Waals surface area contributed by atoms with Gasteiger partial charge in [0.05, 0.1) is 20.3 Å². The predicted octanol–water partition coefficient (Wildman–Crippen LogP) is 2.15. The van der Waals surface area contributed by atoms with Gasteiger partial charge in [0.2, 0.25) is 0 Å². The number of rotatable bonds is 9. The van der Waals surface area contributed by atoms with Gasteiger partial charge in [-0.25, -0.2) is 4.39 Å². The number of nitrogens with one attached hydrogen (secondary N) is 1. The molecule has 1 rings (SSSR count). The van der Waals surface area contributed by atoms with Gasteiger partial charge in [-0.2, -0.15) is 0 Å². The molecule has 0 saturated heterocycles. The molecule has 1 unspecified atom stereocenters. The van der Waals surface area contributed by atoms with Crippen LogP contribution in [0.4, 0.5) is 4.39 Å². The molecule has 0 saturated carbocycles. The third-order valence-corrected chi connectivity index (χ3v) is 2.91. The Morgan fingerprint density at radius 3 is 2.58 bits per heavy atom. The van der Waals surface area contributed by atoms with Crippen molar-refractivity contribution in [3.63, 3.8) is 0 Å². The second kappa shape index (κ2) is 8.85. The minimum absolute atomic E-state index is 0.0583. The van der Waals surface area contributed by atoms with Gasteiger partial charge in [0.15, 0.2) is 11.6 Å². The molecule has 4 nitrogen and oxygen atoms in total. The van der Waals surface area contributed by atoms with E-state index in [-0.39, 0.29) is 17.6 Å². The fraction of sp³-hybridized carbons (Fsp3) is 0.571. The van der Waals surface area contributed by atoms with Crippen LogP contribution in [0.2, 0.25) is 0 Å². The second-order valence-corrected chi connectivity index (χ2v) is 4.13. The lowest BCUT2D eigenvalue weighted by atomic mass is 10.0. The Morgan fingerprint density at radius 2 is 2.00 bits per heavy atom. The van der Waals surface area contributed by atoms with Crippen LogP contribution in [-0.2, 0) is 9.47 Å². The molecule has 0 amide bonds. The van der Waals surface area contributed by atoms with Crippen molar-refractivity contribution in [2.45, 2.75) is 12.5 Å². The molecule has 108 valence electrons. The van der Waals surface area contributed by atoms with Gasteiger partial charge in [0.1, 0.15) is 0 Å². The zero-order chi connectivity index (χ0) is 14.1. The monoisotopic (exact) mass is 271 g/mol. The van der Waals surface area contributed by atoms with E-state index >= 15 is 0 Å². The SMILES string of the molecule is CNC(CCOCCOC)c1ccc(OC)c(F)c1. The van der Waals surface area contributed by atoms with Gasteiger partial charge < -0.3 is 19.5 Å². The Bertz CT molecular complexity index is 374. The summed E-state index contributed by atoms with van der Waals surface area (Å²) in [5.41, 5.74) is 0.885. The molecule has 0 aliphatic rings. The molecule has 0 spiro atoms.